The third-order valence-corrected chi connectivity index (χ3v) is 5.91. The Hall–Kier alpha value is -2.40. The van der Waals surface area contributed by atoms with Gasteiger partial charge in [0.25, 0.3) is 0 Å². The van der Waals surface area contributed by atoms with E-state index in [1.807, 2.05) is 19.1 Å². The zero-order valence-corrected chi connectivity index (χ0v) is 18.0. The summed E-state index contributed by atoms with van der Waals surface area (Å²) in [6.07, 6.45) is 4.57. The summed E-state index contributed by atoms with van der Waals surface area (Å²) in [5, 5.41) is 3.71. The molecule has 1 N–H and O–H groups in total. The number of hydrogen-bond donors (Lipinski definition) is 1. The van der Waals surface area contributed by atoms with Gasteiger partial charge < -0.3 is 10.2 Å². The number of carbonyl (C=O) groups is 2. The highest BCUT2D eigenvalue weighted by molar-refractivity contribution is 6.30. The molecule has 0 bridgehead atoms. The molecule has 1 atom stereocenters. The van der Waals surface area contributed by atoms with Crippen molar-refractivity contribution >= 4 is 23.4 Å². The molecule has 0 aliphatic heterocycles. The van der Waals surface area contributed by atoms with Crippen LogP contribution in [0.15, 0.2) is 48.5 Å². The Morgan fingerprint density at radius 1 is 1.13 bits per heavy atom. The Bertz CT molecular complexity index is 866. The highest BCUT2D eigenvalue weighted by Crippen LogP contribution is 2.20. The standard InChI is InChI=1S/C24H28ClFN2O2/c1-2-22(24(30)27-20-8-4-5-9-20)28(16-17-11-13-19(25)14-12-17)23(29)15-18-7-3-6-10-21(18)26/h3,6-7,10-14,20,22H,2,4-5,8-9,15-16H2,1H3,(H,27,30)/t22-/m1/s1. The van der Waals surface area contributed by atoms with Gasteiger partial charge in [0.15, 0.2) is 0 Å². The predicted molar refractivity (Wildman–Crippen MR) is 117 cm³/mol. The highest BCUT2D eigenvalue weighted by Gasteiger charge is 2.30. The van der Waals surface area contributed by atoms with Crippen LogP contribution in [0.3, 0.4) is 0 Å². The minimum atomic E-state index is -0.611. The maximum absolute atomic E-state index is 14.1. The van der Waals surface area contributed by atoms with Crippen LogP contribution < -0.4 is 5.32 Å². The summed E-state index contributed by atoms with van der Waals surface area (Å²) in [5.74, 6) is -0.829. The van der Waals surface area contributed by atoms with Gasteiger partial charge >= 0.3 is 0 Å². The monoisotopic (exact) mass is 430 g/mol. The maximum Gasteiger partial charge on any atom is 0.243 e. The van der Waals surface area contributed by atoms with Crippen LogP contribution in [0.4, 0.5) is 4.39 Å². The molecule has 0 heterocycles. The largest absolute Gasteiger partial charge is 0.352 e. The molecule has 1 aliphatic rings. The van der Waals surface area contributed by atoms with Gasteiger partial charge in [-0.15, -0.1) is 0 Å². The van der Waals surface area contributed by atoms with Gasteiger partial charge in [-0.05, 0) is 48.6 Å². The van der Waals surface area contributed by atoms with Gasteiger partial charge in [-0.3, -0.25) is 9.59 Å². The van der Waals surface area contributed by atoms with E-state index in [2.05, 4.69) is 5.32 Å². The minimum absolute atomic E-state index is 0.0898. The SMILES string of the molecule is CC[C@H](C(=O)NC1CCCC1)N(Cc1ccc(Cl)cc1)C(=O)Cc1ccccc1F. The number of nitrogens with one attached hydrogen (secondary N) is 1. The van der Waals surface area contributed by atoms with Gasteiger partial charge in [-0.2, -0.15) is 0 Å². The van der Waals surface area contributed by atoms with Crippen LogP contribution >= 0.6 is 11.6 Å². The third-order valence-electron chi connectivity index (χ3n) is 5.65. The summed E-state index contributed by atoms with van der Waals surface area (Å²) in [5.41, 5.74) is 1.20. The van der Waals surface area contributed by atoms with E-state index in [4.69, 9.17) is 11.6 Å². The lowest BCUT2D eigenvalue weighted by atomic mass is 10.1. The van der Waals surface area contributed by atoms with Crippen molar-refractivity contribution in [3.05, 3.63) is 70.5 Å². The zero-order valence-electron chi connectivity index (χ0n) is 17.2. The van der Waals surface area contributed by atoms with Crippen molar-refractivity contribution in [3.8, 4) is 0 Å². The van der Waals surface area contributed by atoms with Gasteiger partial charge in [0, 0.05) is 17.6 Å². The molecule has 2 aromatic carbocycles. The molecule has 160 valence electrons. The zero-order chi connectivity index (χ0) is 21.5. The fraction of sp³-hybridized carbons (Fsp3) is 0.417. The summed E-state index contributed by atoms with van der Waals surface area (Å²) in [6, 6.07) is 13.0. The molecule has 3 rings (SSSR count). The number of rotatable bonds is 8. The molecule has 2 aromatic rings. The molecular weight excluding hydrogens is 403 g/mol. The first-order valence-corrected chi connectivity index (χ1v) is 10.9. The van der Waals surface area contributed by atoms with Crippen molar-refractivity contribution in [1.29, 1.82) is 0 Å². The van der Waals surface area contributed by atoms with Crippen molar-refractivity contribution in [1.82, 2.24) is 10.2 Å². The molecule has 0 radical (unpaired) electrons. The van der Waals surface area contributed by atoms with Crippen LogP contribution in [0.5, 0.6) is 0 Å². The van der Waals surface area contributed by atoms with E-state index >= 15 is 0 Å². The van der Waals surface area contributed by atoms with E-state index in [9.17, 15) is 14.0 Å². The number of halogens is 2. The van der Waals surface area contributed by atoms with Crippen molar-refractivity contribution in [2.24, 2.45) is 0 Å². The van der Waals surface area contributed by atoms with Crippen molar-refractivity contribution in [3.63, 3.8) is 0 Å². The number of benzene rings is 2. The molecule has 0 unspecified atom stereocenters. The molecule has 0 aromatic heterocycles. The Morgan fingerprint density at radius 2 is 1.80 bits per heavy atom. The lowest BCUT2D eigenvalue weighted by Crippen LogP contribution is -2.51. The van der Waals surface area contributed by atoms with Crippen LogP contribution in [0, 0.1) is 5.82 Å². The second-order valence-electron chi connectivity index (χ2n) is 7.83. The Morgan fingerprint density at radius 3 is 2.43 bits per heavy atom. The second-order valence-corrected chi connectivity index (χ2v) is 8.27. The molecule has 0 saturated heterocycles. The first-order valence-electron chi connectivity index (χ1n) is 10.6. The summed E-state index contributed by atoms with van der Waals surface area (Å²) < 4.78 is 14.1. The molecule has 2 amide bonds. The van der Waals surface area contributed by atoms with Crippen LogP contribution in [-0.2, 0) is 22.6 Å². The molecule has 4 nitrogen and oxygen atoms in total. The average Bonchev–Trinajstić information content (AvgIpc) is 3.24. The topological polar surface area (TPSA) is 49.4 Å². The first-order chi connectivity index (χ1) is 14.5. The van der Waals surface area contributed by atoms with Gasteiger partial charge in [0.1, 0.15) is 11.9 Å². The van der Waals surface area contributed by atoms with E-state index in [1.54, 1.807) is 35.2 Å². The number of hydrogen-bond acceptors (Lipinski definition) is 2. The van der Waals surface area contributed by atoms with Crippen LogP contribution in [0.1, 0.15) is 50.2 Å². The Kier molecular flexibility index (Phi) is 7.86. The van der Waals surface area contributed by atoms with E-state index in [0.717, 1.165) is 31.2 Å². The lowest BCUT2D eigenvalue weighted by Gasteiger charge is -2.31. The van der Waals surface area contributed by atoms with Crippen LogP contribution in [0.25, 0.3) is 0 Å². The Balaban J connectivity index is 1.82. The van der Waals surface area contributed by atoms with E-state index in [1.165, 1.54) is 6.07 Å². The molecule has 1 saturated carbocycles. The fourth-order valence-electron chi connectivity index (χ4n) is 3.98. The average molecular weight is 431 g/mol. The van der Waals surface area contributed by atoms with E-state index < -0.39 is 11.9 Å². The Labute approximate surface area is 182 Å². The molecule has 1 aliphatic carbocycles. The third kappa shape index (κ3) is 5.82. The second kappa shape index (κ2) is 10.6. The maximum atomic E-state index is 14.1. The first kappa shape index (κ1) is 22.3. The molecule has 6 heteroatoms. The van der Waals surface area contributed by atoms with Crippen LogP contribution in [0.2, 0.25) is 5.02 Å². The molecule has 1 fully saturated rings. The minimum Gasteiger partial charge on any atom is -0.352 e. The van der Waals surface area contributed by atoms with Crippen LogP contribution in [-0.4, -0.2) is 28.8 Å². The number of amides is 2. The molecular formula is C24H28ClFN2O2. The summed E-state index contributed by atoms with van der Waals surface area (Å²) in [4.78, 5) is 27.8. The quantitative estimate of drug-likeness (QED) is 0.648. The van der Waals surface area contributed by atoms with Crippen molar-refractivity contribution in [2.75, 3.05) is 0 Å². The van der Waals surface area contributed by atoms with Crippen molar-refractivity contribution in [2.45, 2.75) is 64.1 Å². The van der Waals surface area contributed by atoms with Gasteiger partial charge in [0.2, 0.25) is 11.8 Å². The number of nitrogens with zero attached hydrogens (tertiary/aromatic N) is 1. The summed E-state index contributed by atoms with van der Waals surface area (Å²) in [6.45, 7) is 2.16. The predicted octanol–water partition coefficient (Wildman–Crippen LogP) is 4.89. The normalized spacial score (nSPS) is 15.0. The van der Waals surface area contributed by atoms with Gasteiger partial charge in [0.05, 0.1) is 6.42 Å². The lowest BCUT2D eigenvalue weighted by molar-refractivity contribution is -0.141. The summed E-state index contributed by atoms with van der Waals surface area (Å²) >= 11 is 5.98. The molecule has 30 heavy (non-hydrogen) atoms. The van der Waals surface area contributed by atoms with Crippen molar-refractivity contribution < 1.29 is 14.0 Å². The fourth-order valence-corrected chi connectivity index (χ4v) is 4.11. The smallest absolute Gasteiger partial charge is 0.243 e. The van der Waals surface area contributed by atoms with E-state index in [0.29, 0.717) is 17.0 Å². The van der Waals surface area contributed by atoms with E-state index in [-0.39, 0.29) is 30.8 Å². The number of carbonyl (C=O) groups excluding carboxylic acids is 2. The van der Waals surface area contributed by atoms with Gasteiger partial charge in [-0.25, -0.2) is 4.39 Å². The summed E-state index contributed by atoms with van der Waals surface area (Å²) in [7, 11) is 0. The van der Waals surface area contributed by atoms with Gasteiger partial charge in [-0.1, -0.05) is 61.7 Å². The highest BCUT2D eigenvalue weighted by atomic mass is 35.5. The molecule has 0 spiro atoms.